The van der Waals surface area contributed by atoms with E-state index in [1.807, 2.05) is 54.7 Å². The molecular formula is C20H20N4O2. The number of carbonyl (C=O) groups is 1. The molecule has 0 saturated heterocycles. The molecule has 0 unspecified atom stereocenters. The van der Waals surface area contributed by atoms with E-state index in [0.29, 0.717) is 18.7 Å². The number of aromatic nitrogens is 3. The van der Waals surface area contributed by atoms with E-state index in [1.54, 1.807) is 7.11 Å². The summed E-state index contributed by atoms with van der Waals surface area (Å²) in [5.41, 5.74) is 3.52. The number of H-pyrrole nitrogens is 1. The maximum Gasteiger partial charge on any atom is 0.251 e. The van der Waals surface area contributed by atoms with E-state index in [4.69, 9.17) is 4.74 Å². The molecule has 0 fully saturated rings. The first-order valence-corrected chi connectivity index (χ1v) is 8.54. The lowest BCUT2D eigenvalue weighted by Crippen LogP contribution is -2.23. The third-order valence-electron chi connectivity index (χ3n) is 4.43. The fraction of sp³-hybridized carbons (Fsp3) is 0.200. The van der Waals surface area contributed by atoms with Crippen LogP contribution >= 0.6 is 0 Å². The SMILES string of the molecule is COCCn1ccc2ccc(C(=O)NCc3nc4ccccc4[nH]3)cc21. The third-order valence-corrected chi connectivity index (χ3v) is 4.43. The van der Waals surface area contributed by atoms with Gasteiger partial charge in [0.15, 0.2) is 0 Å². The molecule has 0 spiro atoms. The minimum Gasteiger partial charge on any atom is -0.383 e. The molecule has 4 aromatic rings. The molecule has 2 N–H and O–H groups in total. The summed E-state index contributed by atoms with van der Waals surface area (Å²) in [6.45, 7) is 1.74. The Kier molecular flexibility index (Phi) is 4.41. The number of aromatic amines is 1. The van der Waals surface area contributed by atoms with Crippen LogP contribution in [0.4, 0.5) is 0 Å². The molecule has 6 heteroatoms. The van der Waals surface area contributed by atoms with Crippen molar-refractivity contribution in [1.29, 1.82) is 0 Å². The van der Waals surface area contributed by atoms with Crippen LogP contribution in [0.2, 0.25) is 0 Å². The van der Waals surface area contributed by atoms with Crippen molar-refractivity contribution >= 4 is 27.8 Å². The monoisotopic (exact) mass is 348 g/mol. The lowest BCUT2D eigenvalue weighted by atomic mass is 10.1. The van der Waals surface area contributed by atoms with Gasteiger partial charge in [0, 0.05) is 30.9 Å². The van der Waals surface area contributed by atoms with Crippen LogP contribution in [0.3, 0.4) is 0 Å². The summed E-state index contributed by atoms with van der Waals surface area (Å²) < 4.78 is 7.24. The summed E-state index contributed by atoms with van der Waals surface area (Å²) in [4.78, 5) is 20.2. The van der Waals surface area contributed by atoms with Crippen LogP contribution in [0.1, 0.15) is 16.2 Å². The van der Waals surface area contributed by atoms with Gasteiger partial charge in [-0.25, -0.2) is 4.98 Å². The zero-order valence-electron chi connectivity index (χ0n) is 14.5. The second kappa shape index (κ2) is 7.01. The fourth-order valence-electron chi connectivity index (χ4n) is 3.07. The van der Waals surface area contributed by atoms with Crippen LogP contribution < -0.4 is 5.32 Å². The summed E-state index contributed by atoms with van der Waals surface area (Å²) in [5, 5.41) is 4.04. The van der Waals surface area contributed by atoms with E-state index in [0.717, 1.165) is 34.3 Å². The normalized spacial score (nSPS) is 11.3. The molecule has 132 valence electrons. The van der Waals surface area contributed by atoms with E-state index in [1.165, 1.54) is 0 Å². The number of para-hydroxylation sites is 2. The number of hydrogen-bond acceptors (Lipinski definition) is 3. The third kappa shape index (κ3) is 3.19. The quantitative estimate of drug-likeness (QED) is 0.562. The van der Waals surface area contributed by atoms with Crippen molar-refractivity contribution < 1.29 is 9.53 Å². The summed E-state index contributed by atoms with van der Waals surface area (Å²) >= 11 is 0. The second-order valence-corrected chi connectivity index (χ2v) is 6.16. The first kappa shape index (κ1) is 16.4. The van der Waals surface area contributed by atoms with Crippen LogP contribution in [0.15, 0.2) is 54.7 Å². The molecule has 0 atom stereocenters. The van der Waals surface area contributed by atoms with Gasteiger partial charge in [-0.15, -0.1) is 0 Å². The fourth-order valence-corrected chi connectivity index (χ4v) is 3.07. The Bertz CT molecular complexity index is 1030. The first-order chi connectivity index (χ1) is 12.7. The van der Waals surface area contributed by atoms with Crippen molar-refractivity contribution in [2.75, 3.05) is 13.7 Å². The Hall–Kier alpha value is -3.12. The molecule has 0 aliphatic heterocycles. The number of amides is 1. The van der Waals surface area contributed by atoms with Gasteiger partial charge in [-0.2, -0.15) is 0 Å². The maximum atomic E-state index is 12.5. The summed E-state index contributed by atoms with van der Waals surface area (Å²) in [5.74, 6) is 0.621. The number of ether oxygens (including phenoxy) is 1. The highest BCUT2D eigenvalue weighted by atomic mass is 16.5. The molecule has 0 bridgehead atoms. The van der Waals surface area contributed by atoms with Gasteiger partial charge in [0.1, 0.15) is 5.82 Å². The highest BCUT2D eigenvalue weighted by Gasteiger charge is 2.10. The molecule has 2 heterocycles. The lowest BCUT2D eigenvalue weighted by molar-refractivity contribution is 0.0950. The van der Waals surface area contributed by atoms with Gasteiger partial charge < -0.3 is 19.6 Å². The highest BCUT2D eigenvalue weighted by molar-refractivity contribution is 5.98. The number of methoxy groups -OCH3 is 1. The molecule has 2 aromatic heterocycles. The van der Waals surface area contributed by atoms with Gasteiger partial charge in [0.2, 0.25) is 0 Å². The Balaban J connectivity index is 1.50. The summed E-state index contributed by atoms with van der Waals surface area (Å²) in [7, 11) is 1.68. The number of carbonyl (C=O) groups excluding carboxylic acids is 1. The highest BCUT2D eigenvalue weighted by Crippen LogP contribution is 2.18. The number of rotatable bonds is 6. The molecule has 2 aromatic carbocycles. The molecule has 1 amide bonds. The number of imidazole rings is 1. The minimum atomic E-state index is -0.119. The van der Waals surface area contributed by atoms with Crippen LogP contribution in [-0.4, -0.2) is 34.2 Å². The summed E-state index contributed by atoms with van der Waals surface area (Å²) in [6.07, 6.45) is 2.01. The Morgan fingerprint density at radius 1 is 1.23 bits per heavy atom. The molecular weight excluding hydrogens is 328 g/mol. The number of nitrogens with zero attached hydrogens (tertiary/aromatic N) is 2. The number of nitrogens with one attached hydrogen (secondary N) is 2. The number of benzene rings is 2. The van der Waals surface area contributed by atoms with E-state index >= 15 is 0 Å². The van der Waals surface area contributed by atoms with Crippen LogP contribution in [0.25, 0.3) is 21.9 Å². The summed E-state index contributed by atoms with van der Waals surface area (Å²) in [6, 6.07) is 15.6. The first-order valence-electron chi connectivity index (χ1n) is 8.54. The van der Waals surface area contributed by atoms with Crippen LogP contribution in [-0.2, 0) is 17.8 Å². The minimum absolute atomic E-state index is 0.119. The zero-order valence-corrected chi connectivity index (χ0v) is 14.5. The predicted molar refractivity (Wildman–Crippen MR) is 101 cm³/mol. The molecule has 0 aliphatic carbocycles. The molecule has 0 saturated carbocycles. The van der Waals surface area contributed by atoms with Crippen molar-refractivity contribution in [3.05, 3.63) is 66.1 Å². The Labute approximate surface area is 150 Å². The van der Waals surface area contributed by atoms with Crippen molar-refractivity contribution in [3.8, 4) is 0 Å². The molecule has 26 heavy (non-hydrogen) atoms. The van der Waals surface area contributed by atoms with Crippen molar-refractivity contribution in [3.63, 3.8) is 0 Å². The number of fused-ring (bicyclic) bond motifs is 2. The van der Waals surface area contributed by atoms with Crippen molar-refractivity contribution in [1.82, 2.24) is 19.9 Å². The van der Waals surface area contributed by atoms with Crippen LogP contribution in [0, 0.1) is 0 Å². The van der Waals surface area contributed by atoms with Crippen molar-refractivity contribution in [2.24, 2.45) is 0 Å². The van der Waals surface area contributed by atoms with Gasteiger partial charge in [-0.1, -0.05) is 18.2 Å². The molecule has 4 rings (SSSR count). The molecule has 6 nitrogen and oxygen atoms in total. The van der Waals surface area contributed by atoms with Crippen LogP contribution in [0.5, 0.6) is 0 Å². The largest absolute Gasteiger partial charge is 0.383 e. The number of hydrogen-bond donors (Lipinski definition) is 2. The average molecular weight is 348 g/mol. The van der Waals surface area contributed by atoms with Gasteiger partial charge in [0.05, 0.1) is 24.2 Å². The second-order valence-electron chi connectivity index (χ2n) is 6.16. The topological polar surface area (TPSA) is 71.9 Å². The smallest absolute Gasteiger partial charge is 0.251 e. The van der Waals surface area contributed by atoms with Crippen molar-refractivity contribution in [2.45, 2.75) is 13.1 Å². The maximum absolute atomic E-state index is 12.5. The van der Waals surface area contributed by atoms with E-state index in [9.17, 15) is 4.79 Å². The Morgan fingerprint density at radius 3 is 2.96 bits per heavy atom. The zero-order chi connectivity index (χ0) is 17.9. The van der Waals surface area contributed by atoms with Gasteiger partial charge in [0.25, 0.3) is 5.91 Å². The molecule has 0 aliphatic rings. The van der Waals surface area contributed by atoms with Gasteiger partial charge in [-0.05, 0) is 35.7 Å². The molecule has 0 radical (unpaired) electrons. The standard InChI is InChI=1S/C20H20N4O2/c1-26-11-10-24-9-8-14-6-7-15(12-18(14)24)20(25)21-13-19-22-16-4-2-3-5-17(16)23-19/h2-9,12H,10-11,13H2,1H3,(H,21,25)(H,22,23). The average Bonchev–Trinajstić information content (AvgIpc) is 3.27. The van der Waals surface area contributed by atoms with Gasteiger partial charge in [-0.3, -0.25) is 4.79 Å². The Morgan fingerprint density at radius 2 is 2.12 bits per heavy atom. The van der Waals surface area contributed by atoms with E-state index in [2.05, 4.69) is 19.9 Å². The van der Waals surface area contributed by atoms with Gasteiger partial charge >= 0.3 is 0 Å². The lowest BCUT2D eigenvalue weighted by Gasteiger charge is -2.07. The predicted octanol–water partition coefficient (Wildman–Crippen LogP) is 3.09. The van der Waals surface area contributed by atoms with E-state index < -0.39 is 0 Å². The van der Waals surface area contributed by atoms with E-state index in [-0.39, 0.29) is 5.91 Å².